The van der Waals surface area contributed by atoms with E-state index in [0.717, 1.165) is 0 Å². The van der Waals surface area contributed by atoms with E-state index in [0.29, 0.717) is 6.54 Å². The minimum atomic E-state index is -0.140. The molecular weight excluding hydrogens is 226 g/mol. The highest BCUT2D eigenvalue weighted by molar-refractivity contribution is 5.85. The van der Waals surface area contributed by atoms with E-state index in [1.165, 1.54) is 16.5 Å². The van der Waals surface area contributed by atoms with E-state index in [4.69, 9.17) is 0 Å². The summed E-state index contributed by atoms with van der Waals surface area (Å²) in [5, 5.41) is 7.55. The highest BCUT2D eigenvalue weighted by atomic mass is 16.2. The molecule has 2 aromatic rings. The van der Waals surface area contributed by atoms with Crippen LogP contribution in [0.4, 0.5) is 0 Å². The lowest BCUT2D eigenvalue weighted by Gasteiger charge is -2.29. The Hall–Kier alpha value is -1.81. The number of amides is 1. The standard InChI is InChI=1S/C14H17N3O/c1-9-14(18)15-8-12(16-9)11-5-3-4-10-6-7-17(2)13(10)11/h3-7,9,12,16H,8H2,1-2H3,(H,15,18)/t9-,12?/m0/s1. The summed E-state index contributed by atoms with van der Waals surface area (Å²) in [6, 6.07) is 8.46. The molecule has 1 fully saturated rings. The quantitative estimate of drug-likeness (QED) is 0.793. The third-order valence-corrected chi connectivity index (χ3v) is 3.63. The van der Waals surface area contributed by atoms with Crippen LogP contribution in [0.1, 0.15) is 18.5 Å². The van der Waals surface area contributed by atoms with Crippen molar-refractivity contribution in [2.45, 2.75) is 19.0 Å². The molecule has 1 aliphatic heterocycles. The fourth-order valence-electron chi connectivity index (χ4n) is 2.66. The summed E-state index contributed by atoms with van der Waals surface area (Å²) in [6.07, 6.45) is 2.07. The number of piperazine rings is 1. The van der Waals surface area contributed by atoms with Crippen molar-refractivity contribution in [1.82, 2.24) is 15.2 Å². The fraction of sp³-hybridized carbons (Fsp3) is 0.357. The maximum absolute atomic E-state index is 11.5. The zero-order valence-corrected chi connectivity index (χ0v) is 10.6. The molecule has 4 heteroatoms. The van der Waals surface area contributed by atoms with Crippen LogP contribution in [-0.2, 0) is 11.8 Å². The van der Waals surface area contributed by atoms with E-state index in [1.807, 2.05) is 6.92 Å². The summed E-state index contributed by atoms with van der Waals surface area (Å²) in [7, 11) is 2.05. The van der Waals surface area contributed by atoms with Crippen LogP contribution in [-0.4, -0.2) is 23.1 Å². The Morgan fingerprint density at radius 2 is 2.17 bits per heavy atom. The number of aromatic nitrogens is 1. The summed E-state index contributed by atoms with van der Waals surface area (Å²) in [6.45, 7) is 2.54. The van der Waals surface area contributed by atoms with Gasteiger partial charge in [-0.05, 0) is 23.9 Å². The van der Waals surface area contributed by atoms with Crippen molar-refractivity contribution < 1.29 is 4.79 Å². The van der Waals surface area contributed by atoms with Crippen LogP contribution in [0.25, 0.3) is 10.9 Å². The first kappa shape index (κ1) is 11.3. The number of rotatable bonds is 1. The number of hydrogen-bond acceptors (Lipinski definition) is 2. The van der Waals surface area contributed by atoms with Crippen molar-refractivity contribution in [3.05, 3.63) is 36.0 Å². The highest BCUT2D eigenvalue weighted by Crippen LogP contribution is 2.25. The van der Waals surface area contributed by atoms with Crippen molar-refractivity contribution in [2.75, 3.05) is 6.54 Å². The third-order valence-electron chi connectivity index (χ3n) is 3.63. The second-order valence-electron chi connectivity index (χ2n) is 4.90. The maximum Gasteiger partial charge on any atom is 0.236 e. The minimum absolute atomic E-state index is 0.0744. The number of aryl methyl sites for hydroxylation is 1. The molecule has 2 N–H and O–H groups in total. The zero-order chi connectivity index (χ0) is 12.7. The fourth-order valence-corrected chi connectivity index (χ4v) is 2.66. The average molecular weight is 243 g/mol. The van der Waals surface area contributed by atoms with Gasteiger partial charge in [-0.2, -0.15) is 0 Å². The number of para-hydroxylation sites is 1. The Bertz CT molecular complexity index is 602. The number of carbonyl (C=O) groups excluding carboxylic acids is 1. The normalized spacial score (nSPS) is 24.2. The van der Waals surface area contributed by atoms with Crippen LogP contribution >= 0.6 is 0 Å². The van der Waals surface area contributed by atoms with E-state index in [2.05, 4.69) is 52.7 Å². The van der Waals surface area contributed by atoms with Crippen LogP contribution in [0.2, 0.25) is 0 Å². The first-order chi connectivity index (χ1) is 8.66. The lowest BCUT2D eigenvalue weighted by Crippen LogP contribution is -2.52. The molecule has 0 radical (unpaired) electrons. The summed E-state index contributed by atoms with van der Waals surface area (Å²) in [5.41, 5.74) is 2.48. The van der Waals surface area contributed by atoms with Crippen molar-refractivity contribution in [3.63, 3.8) is 0 Å². The number of nitrogens with zero attached hydrogens (tertiary/aromatic N) is 1. The predicted molar refractivity (Wildman–Crippen MR) is 71.3 cm³/mol. The van der Waals surface area contributed by atoms with Crippen LogP contribution in [0, 0.1) is 0 Å². The van der Waals surface area contributed by atoms with E-state index in [-0.39, 0.29) is 18.0 Å². The molecule has 0 bridgehead atoms. The van der Waals surface area contributed by atoms with Gasteiger partial charge in [0.25, 0.3) is 0 Å². The molecule has 18 heavy (non-hydrogen) atoms. The van der Waals surface area contributed by atoms with Gasteiger partial charge in [0, 0.05) is 19.8 Å². The van der Waals surface area contributed by atoms with E-state index >= 15 is 0 Å². The van der Waals surface area contributed by atoms with Crippen LogP contribution in [0.3, 0.4) is 0 Å². The van der Waals surface area contributed by atoms with Gasteiger partial charge in [-0.25, -0.2) is 0 Å². The first-order valence-electron chi connectivity index (χ1n) is 6.24. The Balaban J connectivity index is 2.04. The van der Waals surface area contributed by atoms with Gasteiger partial charge < -0.3 is 9.88 Å². The Labute approximate surface area is 106 Å². The van der Waals surface area contributed by atoms with Crippen LogP contribution < -0.4 is 10.6 Å². The molecule has 94 valence electrons. The number of hydrogen-bond donors (Lipinski definition) is 2. The number of fused-ring (bicyclic) bond motifs is 1. The molecule has 1 aromatic heterocycles. The van der Waals surface area contributed by atoms with Crippen molar-refractivity contribution >= 4 is 16.8 Å². The molecule has 1 amide bonds. The molecule has 0 saturated carbocycles. The van der Waals surface area contributed by atoms with E-state index < -0.39 is 0 Å². The summed E-state index contributed by atoms with van der Waals surface area (Å²) in [5.74, 6) is 0.0744. The highest BCUT2D eigenvalue weighted by Gasteiger charge is 2.26. The zero-order valence-electron chi connectivity index (χ0n) is 10.6. The minimum Gasteiger partial charge on any atom is -0.353 e. The molecule has 1 saturated heterocycles. The lowest BCUT2D eigenvalue weighted by atomic mass is 10.0. The monoisotopic (exact) mass is 243 g/mol. The SMILES string of the molecule is C[C@@H]1NC(c2cccc3ccn(C)c23)CNC1=O. The second-order valence-corrected chi connectivity index (χ2v) is 4.90. The average Bonchev–Trinajstić information content (AvgIpc) is 2.75. The molecule has 2 atom stereocenters. The predicted octanol–water partition coefficient (Wildman–Crippen LogP) is 1.33. The molecule has 2 heterocycles. The summed E-state index contributed by atoms with van der Waals surface area (Å²) < 4.78 is 2.13. The van der Waals surface area contributed by atoms with Gasteiger partial charge in [0.1, 0.15) is 0 Å². The first-order valence-corrected chi connectivity index (χ1v) is 6.24. The molecule has 1 aromatic carbocycles. The van der Waals surface area contributed by atoms with Crippen molar-refractivity contribution in [2.24, 2.45) is 7.05 Å². The van der Waals surface area contributed by atoms with E-state index in [9.17, 15) is 4.79 Å². The molecule has 0 aliphatic carbocycles. The van der Waals surface area contributed by atoms with Gasteiger partial charge in [0.2, 0.25) is 5.91 Å². The summed E-state index contributed by atoms with van der Waals surface area (Å²) >= 11 is 0. The Morgan fingerprint density at radius 1 is 1.33 bits per heavy atom. The van der Waals surface area contributed by atoms with Gasteiger partial charge in [-0.3, -0.25) is 10.1 Å². The topological polar surface area (TPSA) is 46.1 Å². The van der Waals surface area contributed by atoms with Gasteiger partial charge in [-0.1, -0.05) is 18.2 Å². The number of benzene rings is 1. The van der Waals surface area contributed by atoms with E-state index in [1.54, 1.807) is 0 Å². The molecular formula is C14H17N3O. The second kappa shape index (κ2) is 4.14. The van der Waals surface area contributed by atoms with Gasteiger partial charge in [-0.15, -0.1) is 0 Å². The van der Waals surface area contributed by atoms with Crippen molar-refractivity contribution in [1.29, 1.82) is 0 Å². The largest absolute Gasteiger partial charge is 0.353 e. The number of carbonyl (C=O) groups is 1. The Morgan fingerprint density at radius 3 is 2.94 bits per heavy atom. The smallest absolute Gasteiger partial charge is 0.236 e. The van der Waals surface area contributed by atoms with Gasteiger partial charge in [0.05, 0.1) is 17.6 Å². The maximum atomic E-state index is 11.5. The summed E-state index contributed by atoms with van der Waals surface area (Å²) in [4.78, 5) is 11.5. The molecule has 1 unspecified atom stereocenters. The van der Waals surface area contributed by atoms with Crippen LogP contribution in [0.5, 0.6) is 0 Å². The molecule has 1 aliphatic rings. The Kier molecular flexibility index (Phi) is 2.59. The van der Waals surface area contributed by atoms with Gasteiger partial charge in [0.15, 0.2) is 0 Å². The van der Waals surface area contributed by atoms with Gasteiger partial charge >= 0.3 is 0 Å². The lowest BCUT2D eigenvalue weighted by molar-refractivity contribution is -0.124. The molecule has 4 nitrogen and oxygen atoms in total. The van der Waals surface area contributed by atoms with Crippen molar-refractivity contribution in [3.8, 4) is 0 Å². The van der Waals surface area contributed by atoms with Crippen LogP contribution in [0.15, 0.2) is 30.5 Å². The third kappa shape index (κ3) is 1.69. The number of nitrogens with one attached hydrogen (secondary N) is 2. The molecule has 0 spiro atoms. The molecule has 3 rings (SSSR count).